The van der Waals surface area contributed by atoms with Gasteiger partial charge in [-0.1, -0.05) is 54.6 Å². The summed E-state index contributed by atoms with van der Waals surface area (Å²) in [5.41, 5.74) is 4.51. The van der Waals surface area contributed by atoms with Crippen LogP contribution < -0.4 is 10.6 Å². The summed E-state index contributed by atoms with van der Waals surface area (Å²) < 4.78 is 5.53. The van der Waals surface area contributed by atoms with Crippen molar-refractivity contribution in [3.8, 4) is 11.1 Å². The van der Waals surface area contributed by atoms with Gasteiger partial charge in [0.15, 0.2) is 0 Å². The van der Waals surface area contributed by atoms with Gasteiger partial charge in [-0.3, -0.25) is 4.79 Å². The molecule has 168 valence electrons. The van der Waals surface area contributed by atoms with Crippen molar-refractivity contribution in [2.24, 2.45) is 0 Å². The maximum atomic E-state index is 12.5. The number of rotatable bonds is 10. The van der Waals surface area contributed by atoms with Crippen LogP contribution in [0.2, 0.25) is 0 Å². The molecule has 3 rings (SSSR count). The molecule has 32 heavy (non-hydrogen) atoms. The highest BCUT2D eigenvalue weighted by Crippen LogP contribution is 2.44. The minimum absolute atomic E-state index is 0.0622. The number of alkyl carbamates (subject to hydrolysis) is 1. The lowest BCUT2D eigenvalue weighted by atomic mass is 9.98. The second kappa shape index (κ2) is 11.4. The number of carboxylic acids is 1. The van der Waals surface area contributed by atoms with Crippen molar-refractivity contribution in [2.75, 3.05) is 25.2 Å². The lowest BCUT2D eigenvalue weighted by Gasteiger charge is -2.19. The summed E-state index contributed by atoms with van der Waals surface area (Å²) in [4.78, 5) is 35.5. The van der Waals surface area contributed by atoms with E-state index < -0.39 is 18.1 Å². The number of hydrogen-bond donors (Lipinski definition) is 3. The van der Waals surface area contributed by atoms with E-state index in [0.29, 0.717) is 12.2 Å². The van der Waals surface area contributed by atoms with E-state index in [0.717, 1.165) is 28.3 Å². The molecule has 2 amide bonds. The van der Waals surface area contributed by atoms with Gasteiger partial charge in [-0.15, -0.1) is 0 Å². The average molecular weight is 455 g/mol. The first-order chi connectivity index (χ1) is 15.5. The molecule has 7 nitrogen and oxygen atoms in total. The third-order valence-electron chi connectivity index (χ3n) is 5.22. The first-order valence-electron chi connectivity index (χ1n) is 10.3. The minimum atomic E-state index is -1.09. The van der Waals surface area contributed by atoms with Gasteiger partial charge < -0.3 is 20.5 Å². The molecule has 3 N–H and O–H groups in total. The number of hydrogen-bond acceptors (Lipinski definition) is 5. The van der Waals surface area contributed by atoms with Gasteiger partial charge in [0.2, 0.25) is 5.91 Å². The molecule has 1 aliphatic rings. The number of carbonyl (C=O) groups excluding carboxylic acids is 2. The molecule has 0 spiro atoms. The molecule has 0 saturated heterocycles. The lowest BCUT2D eigenvalue weighted by molar-refractivity contribution is -0.131. The van der Waals surface area contributed by atoms with Crippen molar-refractivity contribution in [2.45, 2.75) is 18.4 Å². The Bertz CT molecular complexity index is 962. The zero-order chi connectivity index (χ0) is 22.9. The van der Waals surface area contributed by atoms with E-state index in [1.54, 1.807) is 11.8 Å². The SMILES string of the molecule is CSCCC(NC(=O)OCC1c2ccccc2-c2ccccc21)C(=O)NC/C=C/C(=O)O. The van der Waals surface area contributed by atoms with Crippen LogP contribution in [0, 0.1) is 0 Å². The summed E-state index contributed by atoms with van der Waals surface area (Å²) in [7, 11) is 0. The number of nitrogens with one attached hydrogen (secondary N) is 2. The number of aliphatic carboxylic acids is 1. The van der Waals surface area contributed by atoms with Gasteiger partial charge in [0.1, 0.15) is 12.6 Å². The number of thioether (sulfide) groups is 1. The van der Waals surface area contributed by atoms with Crippen LogP contribution in [0.3, 0.4) is 0 Å². The highest BCUT2D eigenvalue weighted by Gasteiger charge is 2.29. The Balaban J connectivity index is 1.60. The number of benzene rings is 2. The zero-order valence-corrected chi connectivity index (χ0v) is 18.6. The van der Waals surface area contributed by atoms with Crippen molar-refractivity contribution in [3.05, 3.63) is 71.8 Å². The number of carboxylic acid groups (broad SMARTS) is 1. The van der Waals surface area contributed by atoms with Crippen LogP contribution in [0.25, 0.3) is 11.1 Å². The Labute approximate surface area is 191 Å². The maximum absolute atomic E-state index is 12.5. The molecule has 1 aliphatic carbocycles. The normalized spacial score (nSPS) is 13.3. The van der Waals surface area contributed by atoms with E-state index in [9.17, 15) is 14.4 Å². The number of ether oxygens (including phenoxy) is 1. The summed E-state index contributed by atoms with van der Waals surface area (Å²) in [6.07, 6.45) is 3.97. The Morgan fingerprint density at radius 2 is 1.72 bits per heavy atom. The molecular formula is C24H26N2O5S. The molecule has 2 aromatic rings. The van der Waals surface area contributed by atoms with Crippen LogP contribution in [0.1, 0.15) is 23.5 Å². The molecule has 1 atom stereocenters. The van der Waals surface area contributed by atoms with Crippen molar-refractivity contribution >= 4 is 29.7 Å². The highest BCUT2D eigenvalue weighted by atomic mass is 32.2. The summed E-state index contributed by atoms with van der Waals surface area (Å²) in [6.45, 7) is 0.228. The molecule has 0 heterocycles. The quantitative estimate of drug-likeness (QED) is 0.475. The van der Waals surface area contributed by atoms with E-state index in [-0.39, 0.29) is 25.0 Å². The fourth-order valence-corrected chi connectivity index (χ4v) is 4.20. The maximum Gasteiger partial charge on any atom is 0.407 e. The summed E-state index contributed by atoms with van der Waals surface area (Å²) in [6, 6.07) is 15.4. The van der Waals surface area contributed by atoms with E-state index >= 15 is 0 Å². The van der Waals surface area contributed by atoms with Crippen LogP contribution in [0.4, 0.5) is 4.79 Å². The van der Waals surface area contributed by atoms with E-state index in [2.05, 4.69) is 22.8 Å². The average Bonchev–Trinajstić information content (AvgIpc) is 3.11. The molecule has 0 aliphatic heterocycles. The monoisotopic (exact) mass is 454 g/mol. The van der Waals surface area contributed by atoms with Gasteiger partial charge in [-0.05, 0) is 40.7 Å². The van der Waals surface area contributed by atoms with Crippen LogP contribution in [0.15, 0.2) is 60.7 Å². The van der Waals surface area contributed by atoms with Gasteiger partial charge in [-0.25, -0.2) is 9.59 Å². The molecule has 0 saturated carbocycles. The van der Waals surface area contributed by atoms with Crippen molar-refractivity contribution in [1.82, 2.24) is 10.6 Å². The Morgan fingerprint density at radius 3 is 2.31 bits per heavy atom. The fourth-order valence-electron chi connectivity index (χ4n) is 3.73. The fraction of sp³-hybridized carbons (Fsp3) is 0.292. The van der Waals surface area contributed by atoms with E-state index in [4.69, 9.17) is 9.84 Å². The van der Waals surface area contributed by atoms with Gasteiger partial charge in [-0.2, -0.15) is 11.8 Å². The first kappa shape index (κ1) is 23.4. The van der Waals surface area contributed by atoms with Crippen molar-refractivity contribution in [3.63, 3.8) is 0 Å². The number of carbonyl (C=O) groups is 3. The molecule has 1 unspecified atom stereocenters. The van der Waals surface area contributed by atoms with Crippen LogP contribution >= 0.6 is 11.8 Å². The summed E-state index contributed by atoms with van der Waals surface area (Å²) in [5, 5.41) is 13.9. The minimum Gasteiger partial charge on any atom is -0.478 e. The second-order valence-corrected chi connectivity index (χ2v) is 8.28. The largest absolute Gasteiger partial charge is 0.478 e. The highest BCUT2D eigenvalue weighted by molar-refractivity contribution is 7.98. The van der Waals surface area contributed by atoms with Crippen LogP contribution in [0.5, 0.6) is 0 Å². The summed E-state index contributed by atoms with van der Waals surface area (Å²) >= 11 is 1.56. The third kappa shape index (κ3) is 5.91. The van der Waals surface area contributed by atoms with Gasteiger partial charge in [0.25, 0.3) is 0 Å². The van der Waals surface area contributed by atoms with Gasteiger partial charge in [0.05, 0.1) is 0 Å². The molecule has 0 radical (unpaired) electrons. The molecule has 0 bridgehead atoms. The third-order valence-corrected chi connectivity index (χ3v) is 5.86. The van der Waals surface area contributed by atoms with E-state index in [1.165, 1.54) is 6.08 Å². The predicted octanol–water partition coefficient (Wildman–Crippen LogP) is 3.40. The van der Waals surface area contributed by atoms with Crippen LogP contribution in [-0.4, -0.2) is 54.3 Å². The Hall–Kier alpha value is -3.26. The molecule has 8 heteroatoms. The Morgan fingerprint density at radius 1 is 1.09 bits per heavy atom. The molecule has 0 aromatic heterocycles. The molecule has 2 aromatic carbocycles. The van der Waals surface area contributed by atoms with Crippen molar-refractivity contribution < 1.29 is 24.2 Å². The standard InChI is InChI=1S/C24H26N2O5S/c1-32-14-12-21(23(29)25-13-6-11-22(27)28)26-24(30)31-15-20-18-9-4-2-7-16(18)17-8-3-5-10-19(17)20/h2-11,20-21H,12-15H2,1H3,(H,25,29)(H,26,30)(H,27,28)/b11-6+. The van der Waals surface area contributed by atoms with Crippen molar-refractivity contribution in [1.29, 1.82) is 0 Å². The molecular weight excluding hydrogens is 428 g/mol. The lowest BCUT2D eigenvalue weighted by Crippen LogP contribution is -2.47. The smallest absolute Gasteiger partial charge is 0.407 e. The zero-order valence-electron chi connectivity index (χ0n) is 17.7. The van der Waals surface area contributed by atoms with E-state index in [1.807, 2.05) is 42.7 Å². The van der Waals surface area contributed by atoms with Gasteiger partial charge >= 0.3 is 12.1 Å². The number of amides is 2. The predicted molar refractivity (Wildman–Crippen MR) is 125 cm³/mol. The van der Waals surface area contributed by atoms with Crippen LogP contribution in [-0.2, 0) is 14.3 Å². The summed E-state index contributed by atoms with van der Waals surface area (Å²) in [5.74, 6) is -0.863. The van der Waals surface area contributed by atoms with Gasteiger partial charge in [0, 0.05) is 18.5 Å². The topological polar surface area (TPSA) is 105 Å². The first-order valence-corrected chi connectivity index (χ1v) is 11.7. The Kier molecular flexibility index (Phi) is 8.33. The second-order valence-electron chi connectivity index (χ2n) is 7.29. The number of fused-ring (bicyclic) bond motifs is 3. The molecule has 0 fully saturated rings.